The van der Waals surface area contributed by atoms with Gasteiger partial charge in [0.15, 0.2) is 16.1 Å². The van der Waals surface area contributed by atoms with Crippen LogP contribution in [0.5, 0.6) is 0 Å². The smallest absolute Gasteiger partial charge is 0.236 e. The standard InChI is InChI=1S/C22H17F2N5OS2/c23-14-7-5-13(6-8-14)18-11-31-21(25-18)26-19(30)12-32-22-28-27-20(29(22)15-9-10-15)16-3-1-2-4-17(16)24/h1-8,11,15H,9-10,12H2,(H,25,26,30). The van der Waals surface area contributed by atoms with Crippen LogP contribution >= 0.6 is 23.1 Å². The Morgan fingerprint density at radius 3 is 2.66 bits per heavy atom. The molecule has 1 aliphatic rings. The molecule has 0 bridgehead atoms. The Hall–Kier alpha value is -3.11. The summed E-state index contributed by atoms with van der Waals surface area (Å²) in [6, 6.07) is 12.7. The van der Waals surface area contributed by atoms with E-state index in [0.717, 1.165) is 18.4 Å². The van der Waals surface area contributed by atoms with E-state index >= 15 is 0 Å². The van der Waals surface area contributed by atoms with Crippen LogP contribution in [0.4, 0.5) is 13.9 Å². The van der Waals surface area contributed by atoms with Crippen molar-refractivity contribution in [2.24, 2.45) is 0 Å². The number of hydrogen-bond donors (Lipinski definition) is 1. The van der Waals surface area contributed by atoms with Crippen molar-refractivity contribution < 1.29 is 13.6 Å². The van der Waals surface area contributed by atoms with Gasteiger partial charge in [-0.15, -0.1) is 21.5 Å². The van der Waals surface area contributed by atoms with Gasteiger partial charge in [-0.05, 0) is 49.2 Å². The number of nitrogens with zero attached hydrogens (tertiary/aromatic N) is 4. The molecule has 0 atom stereocenters. The molecule has 10 heteroatoms. The highest BCUT2D eigenvalue weighted by Crippen LogP contribution is 2.41. The molecule has 2 heterocycles. The second kappa shape index (κ2) is 8.79. The largest absolute Gasteiger partial charge is 0.301 e. The maximum Gasteiger partial charge on any atom is 0.236 e. The molecule has 1 saturated carbocycles. The molecule has 162 valence electrons. The van der Waals surface area contributed by atoms with E-state index in [0.29, 0.717) is 27.4 Å². The number of benzene rings is 2. The molecule has 1 N–H and O–H groups in total. The van der Waals surface area contributed by atoms with Gasteiger partial charge in [-0.3, -0.25) is 9.36 Å². The molecule has 0 saturated heterocycles. The zero-order chi connectivity index (χ0) is 22.1. The molecule has 32 heavy (non-hydrogen) atoms. The van der Waals surface area contributed by atoms with Gasteiger partial charge >= 0.3 is 0 Å². The van der Waals surface area contributed by atoms with Gasteiger partial charge in [0.05, 0.1) is 17.0 Å². The lowest BCUT2D eigenvalue weighted by Crippen LogP contribution is -2.14. The SMILES string of the molecule is O=C(CSc1nnc(-c2ccccc2F)n1C1CC1)Nc1nc(-c2ccc(F)cc2)cs1. The fourth-order valence-corrected chi connectivity index (χ4v) is 4.77. The highest BCUT2D eigenvalue weighted by Gasteiger charge is 2.31. The van der Waals surface area contributed by atoms with E-state index in [1.807, 2.05) is 4.57 Å². The third-order valence-corrected chi connectivity index (χ3v) is 6.61. The molecule has 5 rings (SSSR count). The summed E-state index contributed by atoms with van der Waals surface area (Å²) in [6.45, 7) is 0. The minimum Gasteiger partial charge on any atom is -0.301 e. The Labute approximate surface area is 190 Å². The van der Waals surface area contributed by atoms with Gasteiger partial charge in [0.1, 0.15) is 11.6 Å². The number of carbonyl (C=O) groups is 1. The number of amides is 1. The molecule has 0 unspecified atom stereocenters. The van der Waals surface area contributed by atoms with E-state index < -0.39 is 0 Å². The van der Waals surface area contributed by atoms with Crippen LogP contribution in [0.25, 0.3) is 22.6 Å². The second-order valence-electron chi connectivity index (χ2n) is 7.27. The number of hydrogen-bond acceptors (Lipinski definition) is 6. The Kier molecular flexibility index (Phi) is 5.71. The fraction of sp³-hybridized carbons (Fsp3) is 0.182. The number of rotatable bonds is 7. The van der Waals surface area contributed by atoms with Crippen LogP contribution in [0.2, 0.25) is 0 Å². The van der Waals surface area contributed by atoms with Crippen molar-refractivity contribution in [2.75, 3.05) is 11.1 Å². The summed E-state index contributed by atoms with van der Waals surface area (Å²) in [4.78, 5) is 16.9. The molecule has 1 amide bonds. The normalized spacial score (nSPS) is 13.3. The molecule has 0 spiro atoms. The summed E-state index contributed by atoms with van der Waals surface area (Å²) >= 11 is 2.56. The first kappa shape index (κ1) is 20.8. The monoisotopic (exact) mass is 469 g/mol. The summed E-state index contributed by atoms with van der Waals surface area (Å²) in [7, 11) is 0. The third kappa shape index (κ3) is 4.42. The maximum absolute atomic E-state index is 14.3. The highest BCUT2D eigenvalue weighted by atomic mass is 32.2. The van der Waals surface area contributed by atoms with Crippen molar-refractivity contribution in [3.05, 3.63) is 65.5 Å². The zero-order valence-corrected chi connectivity index (χ0v) is 18.3. The average Bonchev–Trinajstić information content (AvgIpc) is 3.37. The van der Waals surface area contributed by atoms with E-state index in [2.05, 4.69) is 20.5 Å². The molecular formula is C22H17F2N5OS2. The van der Waals surface area contributed by atoms with Gasteiger partial charge in [-0.2, -0.15) is 0 Å². The van der Waals surface area contributed by atoms with Crippen LogP contribution in [0.3, 0.4) is 0 Å². The van der Waals surface area contributed by atoms with Crippen molar-refractivity contribution in [1.29, 1.82) is 0 Å². The second-order valence-corrected chi connectivity index (χ2v) is 9.07. The van der Waals surface area contributed by atoms with Gasteiger partial charge in [-0.25, -0.2) is 13.8 Å². The first-order chi connectivity index (χ1) is 15.6. The minimum absolute atomic E-state index is 0.119. The van der Waals surface area contributed by atoms with Crippen molar-refractivity contribution >= 4 is 34.1 Å². The minimum atomic E-state index is -0.350. The summed E-state index contributed by atoms with van der Waals surface area (Å²) in [5, 5.41) is 14.0. The van der Waals surface area contributed by atoms with E-state index in [1.165, 1.54) is 41.3 Å². The van der Waals surface area contributed by atoms with Gasteiger partial charge in [0.2, 0.25) is 5.91 Å². The first-order valence-corrected chi connectivity index (χ1v) is 11.8. The number of thioether (sulfide) groups is 1. The quantitative estimate of drug-likeness (QED) is 0.366. The molecule has 1 aliphatic carbocycles. The van der Waals surface area contributed by atoms with E-state index in [4.69, 9.17) is 0 Å². The Morgan fingerprint density at radius 2 is 1.91 bits per heavy atom. The van der Waals surface area contributed by atoms with E-state index in [-0.39, 0.29) is 29.3 Å². The molecule has 1 fully saturated rings. The molecule has 4 aromatic rings. The van der Waals surface area contributed by atoms with Gasteiger partial charge in [0, 0.05) is 17.0 Å². The maximum atomic E-state index is 14.3. The number of nitrogens with one attached hydrogen (secondary N) is 1. The Morgan fingerprint density at radius 1 is 1.12 bits per heavy atom. The highest BCUT2D eigenvalue weighted by molar-refractivity contribution is 7.99. The van der Waals surface area contributed by atoms with Crippen molar-refractivity contribution in [2.45, 2.75) is 24.0 Å². The molecule has 2 aromatic carbocycles. The fourth-order valence-electron chi connectivity index (χ4n) is 3.23. The van der Waals surface area contributed by atoms with Crippen molar-refractivity contribution in [3.8, 4) is 22.6 Å². The lowest BCUT2D eigenvalue weighted by molar-refractivity contribution is -0.113. The number of aromatic nitrogens is 4. The predicted molar refractivity (Wildman–Crippen MR) is 121 cm³/mol. The number of halogens is 2. The third-order valence-electron chi connectivity index (χ3n) is 4.91. The summed E-state index contributed by atoms with van der Waals surface area (Å²) in [5.41, 5.74) is 1.84. The van der Waals surface area contributed by atoms with Crippen molar-refractivity contribution in [1.82, 2.24) is 19.7 Å². The first-order valence-electron chi connectivity index (χ1n) is 9.92. The van der Waals surface area contributed by atoms with Crippen LogP contribution in [-0.2, 0) is 4.79 Å². The van der Waals surface area contributed by atoms with Crippen LogP contribution in [0.15, 0.2) is 59.1 Å². The number of anilines is 1. The topological polar surface area (TPSA) is 72.7 Å². The summed E-state index contributed by atoms with van der Waals surface area (Å²) in [6.07, 6.45) is 1.95. The lowest BCUT2D eigenvalue weighted by Gasteiger charge is -2.09. The van der Waals surface area contributed by atoms with Crippen molar-refractivity contribution in [3.63, 3.8) is 0 Å². The van der Waals surface area contributed by atoms with Gasteiger partial charge in [-0.1, -0.05) is 23.9 Å². The van der Waals surface area contributed by atoms with Crippen LogP contribution < -0.4 is 5.32 Å². The predicted octanol–water partition coefficient (Wildman–Crippen LogP) is 5.41. The van der Waals surface area contributed by atoms with Crippen LogP contribution in [0, 0.1) is 11.6 Å². The van der Waals surface area contributed by atoms with E-state index in [1.54, 1.807) is 35.7 Å². The molecule has 2 aromatic heterocycles. The van der Waals surface area contributed by atoms with E-state index in [9.17, 15) is 13.6 Å². The molecule has 0 radical (unpaired) electrons. The average molecular weight is 470 g/mol. The Bertz CT molecular complexity index is 1270. The van der Waals surface area contributed by atoms with Crippen LogP contribution in [0.1, 0.15) is 18.9 Å². The van der Waals surface area contributed by atoms with Gasteiger partial charge in [0.25, 0.3) is 0 Å². The molecule has 0 aliphatic heterocycles. The zero-order valence-electron chi connectivity index (χ0n) is 16.7. The number of thiazole rings is 1. The van der Waals surface area contributed by atoms with Crippen LogP contribution in [-0.4, -0.2) is 31.4 Å². The summed E-state index contributed by atoms with van der Waals surface area (Å²) < 4.78 is 29.3. The summed E-state index contributed by atoms with van der Waals surface area (Å²) in [5.74, 6) is -0.290. The molecular weight excluding hydrogens is 452 g/mol. The Balaban J connectivity index is 1.26. The molecule has 6 nitrogen and oxygen atoms in total. The number of carbonyl (C=O) groups excluding carboxylic acids is 1. The van der Waals surface area contributed by atoms with Gasteiger partial charge < -0.3 is 5.32 Å². The lowest BCUT2D eigenvalue weighted by atomic mass is 10.2.